The molecule has 1 aromatic heterocycles. The Hall–Kier alpha value is -2.23. The second kappa shape index (κ2) is 6.48. The van der Waals surface area contributed by atoms with Crippen LogP contribution in [-0.4, -0.2) is 21.0 Å². The van der Waals surface area contributed by atoms with E-state index in [-0.39, 0.29) is 0 Å². The summed E-state index contributed by atoms with van der Waals surface area (Å²) in [5.41, 5.74) is 4.29. The number of benzene rings is 1. The molecule has 0 fully saturated rings. The van der Waals surface area contributed by atoms with Gasteiger partial charge in [-0.25, -0.2) is 9.97 Å². The largest absolute Gasteiger partial charge is 0.481 e. The molecule has 0 spiro atoms. The molecular weight excluding hydrogens is 264 g/mol. The molecule has 21 heavy (non-hydrogen) atoms. The minimum Gasteiger partial charge on any atom is -0.481 e. The molecule has 1 aromatic carbocycles. The first-order chi connectivity index (χ1) is 10.0. The summed E-state index contributed by atoms with van der Waals surface area (Å²) in [5.74, 6) is -1.38. The lowest BCUT2D eigenvalue weighted by molar-refractivity contribution is -0.139. The fourth-order valence-electron chi connectivity index (χ4n) is 2.52. The summed E-state index contributed by atoms with van der Waals surface area (Å²) < 4.78 is 0. The topological polar surface area (TPSA) is 63.1 Å². The number of carboxylic acid groups (broad SMARTS) is 1. The molecule has 0 saturated carbocycles. The number of carboxylic acids is 1. The highest BCUT2D eigenvalue weighted by Gasteiger charge is 2.25. The number of nitrogens with zero attached hydrogens (tertiary/aromatic N) is 2. The van der Waals surface area contributed by atoms with E-state index in [0.29, 0.717) is 6.42 Å². The second-order valence-electron chi connectivity index (χ2n) is 5.27. The maximum atomic E-state index is 11.6. The molecule has 1 heterocycles. The lowest BCUT2D eigenvalue weighted by atomic mass is 9.89. The first-order valence-corrected chi connectivity index (χ1v) is 7.16. The Morgan fingerprint density at radius 2 is 1.86 bits per heavy atom. The Bertz CT molecular complexity index is 636. The molecule has 2 rings (SSSR count). The van der Waals surface area contributed by atoms with Crippen LogP contribution in [-0.2, 0) is 4.79 Å². The van der Waals surface area contributed by atoms with Crippen molar-refractivity contribution in [3.05, 3.63) is 47.4 Å². The van der Waals surface area contributed by atoms with Gasteiger partial charge in [0.2, 0.25) is 0 Å². The van der Waals surface area contributed by atoms with Crippen molar-refractivity contribution < 1.29 is 9.90 Å². The summed E-state index contributed by atoms with van der Waals surface area (Å²) in [6.45, 7) is 5.86. The molecular formula is C17H20N2O2. The first-order valence-electron chi connectivity index (χ1n) is 7.16. The van der Waals surface area contributed by atoms with Gasteiger partial charge in [-0.15, -0.1) is 0 Å². The molecule has 0 aliphatic carbocycles. The average molecular weight is 284 g/mol. The Labute approximate surface area is 124 Å². The Balaban J connectivity index is 2.59. The molecule has 4 nitrogen and oxygen atoms in total. The maximum absolute atomic E-state index is 11.6. The minimum absolute atomic E-state index is 0.562. The van der Waals surface area contributed by atoms with Crippen LogP contribution in [0.3, 0.4) is 0 Å². The van der Waals surface area contributed by atoms with Gasteiger partial charge in [-0.3, -0.25) is 4.79 Å². The zero-order valence-corrected chi connectivity index (χ0v) is 12.6. The molecule has 0 amide bonds. The van der Waals surface area contributed by atoms with Crippen molar-refractivity contribution in [2.45, 2.75) is 39.5 Å². The molecule has 0 radical (unpaired) electrons. The van der Waals surface area contributed by atoms with E-state index in [1.165, 1.54) is 6.33 Å². The number of hydrogen-bond donors (Lipinski definition) is 1. The minimum atomic E-state index is -0.817. The van der Waals surface area contributed by atoms with Gasteiger partial charge in [0.15, 0.2) is 0 Å². The number of rotatable bonds is 5. The van der Waals surface area contributed by atoms with Gasteiger partial charge in [-0.1, -0.05) is 43.2 Å². The molecule has 1 atom stereocenters. The molecule has 0 aliphatic rings. The first kappa shape index (κ1) is 15.2. The summed E-state index contributed by atoms with van der Waals surface area (Å²) in [6.07, 6.45) is 2.89. The van der Waals surface area contributed by atoms with Gasteiger partial charge >= 0.3 is 5.97 Å². The van der Waals surface area contributed by atoms with Crippen LogP contribution in [0, 0.1) is 13.8 Å². The van der Waals surface area contributed by atoms with Gasteiger partial charge in [-0.05, 0) is 20.3 Å². The van der Waals surface area contributed by atoms with Crippen molar-refractivity contribution in [1.82, 2.24) is 9.97 Å². The van der Waals surface area contributed by atoms with Crippen LogP contribution in [0.15, 0.2) is 30.6 Å². The third-order valence-electron chi connectivity index (χ3n) is 3.63. The molecule has 0 saturated heterocycles. The summed E-state index contributed by atoms with van der Waals surface area (Å²) in [7, 11) is 0. The molecule has 1 unspecified atom stereocenters. The van der Waals surface area contributed by atoms with Crippen molar-refractivity contribution in [1.29, 1.82) is 0 Å². The van der Waals surface area contributed by atoms with Crippen molar-refractivity contribution in [2.24, 2.45) is 0 Å². The van der Waals surface area contributed by atoms with Gasteiger partial charge in [0.1, 0.15) is 6.33 Å². The van der Waals surface area contributed by atoms with Crippen LogP contribution in [0.5, 0.6) is 0 Å². The highest BCUT2D eigenvalue weighted by atomic mass is 16.4. The maximum Gasteiger partial charge on any atom is 0.311 e. The summed E-state index contributed by atoms with van der Waals surface area (Å²) >= 11 is 0. The lowest BCUT2D eigenvalue weighted by Crippen LogP contribution is -2.15. The molecule has 2 aromatic rings. The molecule has 0 aliphatic heterocycles. The Morgan fingerprint density at radius 1 is 1.19 bits per heavy atom. The fraction of sp³-hybridized carbons (Fsp3) is 0.353. The van der Waals surface area contributed by atoms with Crippen LogP contribution in [0.25, 0.3) is 11.3 Å². The monoisotopic (exact) mass is 284 g/mol. The SMILES string of the molecule is CCCC(C(=O)O)c1c(C)ncnc1-c1ccc(C)cc1. The van der Waals surface area contributed by atoms with Gasteiger partial charge in [-0.2, -0.15) is 0 Å². The normalized spacial score (nSPS) is 12.1. The predicted octanol–water partition coefficient (Wildman–Crippen LogP) is 3.73. The molecule has 4 heteroatoms. The highest BCUT2D eigenvalue weighted by molar-refractivity contribution is 5.80. The van der Waals surface area contributed by atoms with Crippen molar-refractivity contribution in [3.8, 4) is 11.3 Å². The van der Waals surface area contributed by atoms with Crippen LogP contribution < -0.4 is 0 Å². The third-order valence-corrected chi connectivity index (χ3v) is 3.63. The summed E-state index contributed by atoms with van der Waals surface area (Å²) in [6, 6.07) is 7.97. The molecule has 0 bridgehead atoms. The fourth-order valence-corrected chi connectivity index (χ4v) is 2.52. The van der Waals surface area contributed by atoms with E-state index >= 15 is 0 Å². The standard InChI is InChI=1S/C17H20N2O2/c1-4-5-14(17(20)21)15-12(3)18-10-19-16(15)13-8-6-11(2)7-9-13/h6-10,14H,4-5H2,1-3H3,(H,20,21). The quantitative estimate of drug-likeness (QED) is 0.908. The number of carbonyl (C=O) groups is 1. The lowest BCUT2D eigenvalue weighted by Gasteiger charge is -2.17. The number of aliphatic carboxylic acids is 1. The predicted molar refractivity (Wildman–Crippen MR) is 82.2 cm³/mol. The van der Waals surface area contributed by atoms with Crippen LogP contribution in [0.2, 0.25) is 0 Å². The van der Waals surface area contributed by atoms with Crippen LogP contribution in [0.1, 0.15) is 42.5 Å². The Morgan fingerprint density at radius 3 is 2.43 bits per heavy atom. The van der Waals surface area contributed by atoms with E-state index in [0.717, 1.165) is 34.5 Å². The Kier molecular flexibility index (Phi) is 4.68. The summed E-state index contributed by atoms with van der Waals surface area (Å²) in [4.78, 5) is 20.2. The van der Waals surface area contributed by atoms with E-state index in [1.807, 2.05) is 45.0 Å². The van der Waals surface area contributed by atoms with Crippen LogP contribution >= 0.6 is 0 Å². The third kappa shape index (κ3) is 3.27. The zero-order chi connectivity index (χ0) is 15.4. The van der Waals surface area contributed by atoms with Crippen molar-refractivity contribution in [2.75, 3.05) is 0 Å². The van der Waals surface area contributed by atoms with E-state index in [4.69, 9.17) is 0 Å². The zero-order valence-electron chi connectivity index (χ0n) is 12.6. The second-order valence-corrected chi connectivity index (χ2v) is 5.27. The van der Waals surface area contributed by atoms with Crippen molar-refractivity contribution in [3.63, 3.8) is 0 Å². The average Bonchev–Trinajstić information content (AvgIpc) is 2.46. The summed E-state index contributed by atoms with van der Waals surface area (Å²) in [5, 5.41) is 9.54. The van der Waals surface area contributed by atoms with Crippen LogP contribution in [0.4, 0.5) is 0 Å². The van der Waals surface area contributed by atoms with Gasteiger partial charge in [0, 0.05) is 16.8 Å². The van der Waals surface area contributed by atoms with E-state index < -0.39 is 11.9 Å². The van der Waals surface area contributed by atoms with Gasteiger partial charge < -0.3 is 5.11 Å². The van der Waals surface area contributed by atoms with Gasteiger partial charge in [0.05, 0.1) is 11.6 Å². The smallest absolute Gasteiger partial charge is 0.311 e. The highest BCUT2D eigenvalue weighted by Crippen LogP contribution is 2.32. The number of aryl methyl sites for hydroxylation is 2. The molecule has 1 N–H and O–H groups in total. The van der Waals surface area contributed by atoms with Crippen molar-refractivity contribution >= 4 is 5.97 Å². The number of aromatic nitrogens is 2. The van der Waals surface area contributed by atoms with E-state index in [2.05, 4.69) is 9.97 Å². The number of hydrogen-bond acceptors (Lipinski definition) is 3. The molecule has 110 valence electrons. The van der Waals surface area contributed by atoms with Gasteiger partial charge in [0.25, 0.3) is 0 Å². The van der Waals surface area contributed by atoms with E-state index in [1.54, 1.807) is 0 Å². The van der Waals surface area contributed by atoms with E-state index in [9.17, 15) is 9.90 Å².